The Hall–Kier alpha value is -2.68. The lowest BCUT2D eigenvalue weighted by Crippen LogP contribution is -2.49. The fraction of sp³-hybridized carbons (Fsp3) is 0.250. The molecule has 0 radical (unpaired) electrons. The molecule has 1 saturated heterocycles. The predicted molar refractivity (Wildman–Crippen MR) is 102 cm³/mol. The zero-order chi connectivity index (χ0) is 18.1. The van der Waals surface area contributed by atoms with Crippen LogP contribution in [0.4, 0.5) is 5.69 Å². The van der Waals surface area contributed by atoms with Crippen LogP contribution in [0.25, 0.3) is 0 Å². The molecule has 2 N–H and O–H groups in total. The van der Waals surface area contributed by atoms with Gasteiger partial charge in [-0.2, -0.15) is 5.26 Å². The van der Waals surface area contributed by atoms with E-state index >= 15 is 0 Å². The van der Waals surface area contributed by atoms with Gasteiger partial charge < -0.3 is 10.6 Å². The van der Waals surface area contributed by atoms with E-state index in [-0.39, 0.29) is 5.91 Å². The van der Waals surface area contributed by atoms with Crippen LogP contribution in [0.3, 0.4) is 0 Å². The molecule has 0 unspecified atom stereocenters. The Morgan fingerprint density at radius 2 is 1.85 bits per heavy atom. The fourth-order valence-electron chi connectivity index (χ4n) is 3.49. The first-order chi connectivity index (χ1) is 12.6. The summed E-state index contributed by atoms with van der Waals surface area (Å²) in [6, 6.07) is 14.8. The monoisotopic (exact) mass is 364 g/mol. The molecule has 2 aliphatic rings. The van der Waals surface area contributed by atoms with Gasteiger partial charge in [-0.25, -0.2) is 0 Å². The second-order valence-electron chi connectivity index (χ2n) is 6.58. The number of rotatable bonds is 1. The van der Waals surface area contributed by atoms with Crippen LogP contribution >= 0.6 is 11.6 Å². The van der Waals surface area contributed by atoms with Crippen LogP contribution in [-0.4, -0.2) is 30.2 Å². The zero-order valence-electron chi connectivity index (χ0n) is 14.1. The smallest absolute Gasteiger partial charge is 0.252 e. The summed E-state index contributed by atoms with van der Waals surface area (Å²) in [5.74, 6) is -0.0776. The van der Waals surface area contributed by atoms with Crippen LogP contribution in [0.2, 0.25) is 5.02 Å². The molecule has 26 heavy (non-hydrogen) atoms. The fourth-order valence-corrected chi connectivity index (χ4v) is 3.66. The van der Waals surface area contributed by atoms with E-state index in [1.165, 1.54) is 0 Å². The standard InChI is InChI=1S/C20H17ClN4O/c21-15-5-6-17-16(11-15)18(14-3-1-13(12-22)2-4-14)25-20(19(26)24-17)7-9-23-10-8-20/h1-6,11,23H,7-10H2,(H,24,26). The third-order valence-electron chi connectivity index (χ3n) is 4.95. The number of amides is 1. The topological polar surface area (TPSA) is 77.3 Å². The number of hydrogen-bond donors (Lipinski definition) is 2. The number of benzene rings is 2. The summed E-state index contributed by atoms with van der Waals surface area (Å²) >= 11 is 6.22. The second-order valence-corrected chi connectivity index (χ2v) is 7.01. The van der Waals surface area contributed by atoms with E-state index in [1.54, 1.807) is 18.2 Å². The molecule has 130 valence electrons. The number of nitrogens with one attached hydrogen (secondary N) is 2. The zero-order valence-corrected chi connectivity index (χ0v) is 14.8. The van der Waals surface area contributed by atoms with Gasteiger partial charge >= 0.3 is 0 Å². The average molecular weight is 365 g/mol. The average Bonchev–Trinajstić information content (AvgIpc) is 2.78. The second kappa shape index (κ2) is 6.56. The number of aliphatic imine (C=N–C) groups is 1. The van der Waals surface area contributed by atoms with Gasteiger partial charge in [0.1, 0.15) is 5.54 Å². The van der Waals surface area contributed by atoms with Crippen LogP contribution in [0.15, 0.2) is 47.5 Å². The van der Waals surface area contributed by atoms with Crippen LogP contribution in [0.5, 0.6) is 0 Å². The SMILES string of the molecule is N#Cc1ccc(C2=NC3(CCNCC3)C(=O)Nc3ccc(Cl)cc32)cc1. The molecule has 0 aliphatic carbocycles. The molecule has 1 fully saturated rings. The molecule has 1 spiro atoms. The van der Waals surface area contributed by atoms with Crippen molar-refractivity contribution in [3.05, 3.63) is 64.2 Å². The largest absolute Gasteiger partial charge is 0.323 e. The van der Waals surface area contributed by atoms with E-state index < -0.39 is 5.54 Å². The molecule has 2 heterocycles. The molecule has 2 aromatic rings. The van der Waals surface area contributed by atoms with E-state index in [2.05, 4.69) is 16.7 Å². The lowest BCUT2D eigenvalue weighted by Gasteiger charge is -2.32. The maximum atomic E-state index is 13.0. The molecule has 2 aromatic carbocycles. The van der Waals surface area contributed by atoms with Crippen molar-refractivity contribution < 1.29 is 4.79 Å². The molecule has 4 rings (SSSR count). The molecule has 2 aliphatic heterocycles. The van der Waals surface area contributed by atoms with E-state index in [1.807, 2.05) is 24.3 Å². The van der Waals surface area contributed by atoms with Crippen molar-refractivity contribution in [3.8, 4) is 6.07 Å². The Labute approximate surface area is 156 Å². The normalized spacial score (nSPS) is 18.3. The Morgan fingerprint density at radius 3 is 2.54 bits per heavy atom. The Balaban J connectivity index is 1.92. The number of carbonyl (C=O) groups excluding carboxylic acids is 1. The van der Waals surface area contributed by atoms with Gasteiger partial charge in [-0.05, 0) is 56.3 Å². The van der Waals surface area contributed by atoms with Crippen LogP contribution in [-0.2, 0) is 4.79 Å². The summed E-state index contributed by atoms with van der Waals surface area (Å²) in [7, 11) is 0. The third kappa shape index (κ3) is 2.88. The number of anilines is 1. The molecule has 0 bridgehead atoms. The van der Waals surface area contributed by atoms with Crippen molar-refractivity contribution in [2.75, 3.05) is 18.4 Å². The highest BCUT2D eigenvalue weighted by Crippen LogP contribution is 2.34. The molecule has 0 saturated carbocycles. The van der Waals surface area contributed by atoms with E-state index in [0.717, 1.165) is 29.9 Å². The van der Waals surface area contributed by atoms with Gasteiger partial charge in [0.15, 0.2) is 0 Å². The molecule has 1 amide bonds. The maximum Gasteiger partial charge on any atom is 0.252 e. The first-order valence-electron chi connectivity index (χ1n) is 8.54. The maximum absolute atomic E-state index is 13.0. The summed E-state index contributed by atoms with van der Waals surface area (Å²) in [4.78, 5) is 18.0. The molecule has 5 nitrogen and oxygen atoms in total. The minimum Gasteiger partial charge on any atom is -0.323 e. The summed E-state index contributed by atoms with van der Waals surface area (Å²) in [5.41, 5.74) is 2.89. The summed E-state index contributed by atoms with van der Waals surface area (Å²) in [6.45, 7) is 1.49. The number of hydrogen-bond acceptors (Lipinski definition) is 4. The van der Waals surface area contributed by atoms with Crippen molar-refractivity contribution in [3.63, 3.8) is 0 Å². The van der Waals surface area contributed by atoms with Crippen molar-refractivity contribution in [1.82, 2.24) is 5.32 Å². The molecule has 0 atom stereocenters. The minimum absolute atomic E-state index is 0.0776. The molecular formula is C20H17ClN4O. The molecule has 6 heteroatoms. The number of fused-ring (bicyclic) bond motifs is 1. The van der Waals surface area contributed by atoms with Crippen molar-refractivity contribution in [2.24, 2.45) is 4.99 Å². The molecule has 0 aromatic heterocycles. The lowest BCUT2D eigenvalue weighted by molar-refractivity contribution is -0.121. The minimum atomic E-state index is -0.792. The molecular weight excluding hydrogens is 348 g/mol. The quantitative estimate of drug-likeness (QED) is 0.816. The Kier molecular flexibility index (Phi) is 4.23. The van der Waals surface area contributed by atoms with Crippen molar-refractivity contribution >= 4 is 28.9 Å². The van der Waals surface area contributed by atoms with Crippen molar-refractivity contribution in [2.45, 2.75) is 18.4 Å². The summed E-state index contributed by atoms with van der Waals surface area (Å²) in [6.07, 6.45) is 1.28. The van der Waals surface area contributed by atoms with E-state index in [0.29, 0.717) is 29.1 Å². The number of carbonyl (C=O) groups is 1. The van der Waals surface area contributed by atoms with Crippen LogP contribution in [0, 0.1) is 11.3 Å². The van der Waals surface area contributed by atoms with Gasteiger partial charge in [-0.1, -0.05) is 23.7 Å². The Bertz CT molecular complexity index is 937. The summed E-state index contributed by atoms with van der Waals surface area (Å²) in [5, 5.41) is 16.0. The van der Waals surface area contributed by atoms with Gasteiger partial charge in [0.2, 0.25) is 0 Å². The van der Waals surface area contributed by atoms with E-state index in [9.17, 15) is 4.79 Å². The van der Waals surface area contributed by atoms with Crippen molar-refractivity contribution in [1.29, 1.82) is 5.26 Å². The van der Waals surface area contributed by atoms with E-state index in [4.69, 9.17) is 21.9 Å². The van der Waals surface area contributed by atoms with Gasteiger partial charge in [0, 0.05) is 16.1 Å². The van der Waals surface area contributed by atoms with Gasteiger partial charge in [0.25, 0.3) is 5.91 Å². The highest BCUT2D eigenvalue weighted by Gasteiger charge is 2.42. The number of nitriles is 1. The van der Waals surface area contributed by atoms with Gasteiger partial charge in [-0.15, -0.1) is 0 Å². The number of nitrogens with zero attached hydrogens (tertiary/aromatic N) is 2. The Morgan fingerprint density at radius 1 is 1.12 bits per heavy atom. The highest BCUT2D eigenvalue weighted by atomic mass is 35.5. The number of halogens is 1. The van der Waals surface area contributed by atoms with Crippen LogP contribution < -0.4 is 10.6 Å². The number of piperidine rings is 1. The highest BCUT2D eigenvalue weighted by molar-refractivity contribution is 6.32. The van der Waals surface area contributed by atoms with Gasteiger partial charge in [-0.3, -0.25) is 9.79 Å². The van der Waals surface area contributed by atoms with Gasteiger partial charge in [0.05, 0.1) is 23.0 Å². The summed E-state index contributed by atoms with van der Waals surface area (Å²) < 4.78 is 0. The third-order valence-corrected chi connectivity index (χ3v) is 5.19. The first-order valence-corrected chi connectivity index (χ1v) is 8.92. The first kappa shape index (κ1) is 16.8. The lowest BCUT2D eigenvalue weighted by atomic mass is 9.87. The predicted octanol–water partition coefficient (Wildman–Crippen LogP) is 3.12. The van der Waals surface area contributed by atoms with Crippen LogP contribution in [0.1, 0.15) is 29.5 Å².